The molecular formula is C20H19N5O3. The van der Waals surface area contributed by atoms with Crippen molar-refractivity contribution in [2.24, 2.45) is 0 Å². The normalized spacial score (nSPS) is 11.2. The monoisotopic (exact) mass is 377 g/mol. The van der Waals surface area contributed by atoms with Crippen molar-refractivity contribution in [3.05, 3.63) is 65.5 Å². The lowest BCUT2D eigenvalue weighted by Crippen LogP contribution is -2.19. The number of aromatic nitrogens is 3. The standard InChI is InChI=1S/C20H19N5O3/c21-19-17-18(14-3-1-2-4-15(14)23-19)25(16(11-26)24-17)10-13-7-5-12(6-8-13)9-22-20(27)28/h1-8,22,26H,9-11H2,(H2,21,23)(H,27,28). The van der Waals surface area contributed by atoms with Crippen LogP contribution >= 0.6 is 0 Å². The molecule has 0 bridgehead atoms. The van der Waals surface area contributed by atoms with Crippen LogP contribution in [0.3, 0.4) is 0 Å². The topological polar surface area (TPSA) is 126 Å². The van der Waals surface area contributed by atoms with E-state index in [1.165, 1.54) is 0 Å². The second-order valence-corrected chi connectivity index (χ2v) is 6.46. The van der Waals surface area contributed by atoms with Crippen LogP contribution in [-0.2, 0) is 19.7 Å². The Morgan fingerprint density at radius 3 is 2.50 bits per heavy atom. The first-order valence-corrected chi connectivity index (χ1v) is 8.75. The molecular weight excluding hydrogens is 358 g/mol. The summed E-state index contributed by atoms with van der Waals surface area (Å²) in [5.41, 5.74) is 10.1. The predicted molar refractivity (Wildman–Crippen MR) is 106 cm³/mol. The van der Waals surface area contributed by atoms with Crippen LogP contribution in [0.4, 0.5) is 10.6 Å². The van der Waals surface area contributed by atoms with Gasteiger partial charge in [0.1, 0.15) is 17.9 Å². The summed E-state index contributed by atoms with van der Waals surface area (Å²) in [5.74, 6) is 0.841. The van der Waals surface area contributed by atoms with E-state index in [0.29, 0.717) is 23.7 Å². The Bertz CT molecular complexity index is 1170. The van der Waals surface area contributed by atoms with E-state index >= 15 is 0 Å². The molecule has 142 valence electrons. The zero-order valence-corrected chi connectivity index (χ0v) is 15.0. The quantitative estimate of drug-likeness (QED) is 0.423. The molecule has 8 heteroatoms. The molecule has 0 aliphatic rings. The molecule has 2 heterocycles. The van der Waals surface area contributed by atoms with Crippen LogP contribution in [0.15, 0.2) is 48.5 Å². The van der Waals surface area contributed by atoms with Crippen LogP contribution < -0.4 is 11.1 Å². The molecule has 1 amide bonds. The smallest absolute Gasteiger partial charge is 0.404 e. The van der Waals surface area contributed by atoms with E-state index < -0.39 is 6.09 Å². The lowest BCUT2D eigenvalue weighted by molar-refractivity contribution is 0.194. The number of carboxylic acid groups (broad SMARTS) is 1. The van der Waals surface area contributed by atoms with Crippen molar-refractivity contribution < 1.29 is 15.0 Å². The molecule has 0 spiro atoms. The summed E-state index contributed by atoms with van der Waals surface area (Å²) in [6.45, 7) is 0.522. The lowest BCUT2D eigenvalue weighted by atomic mass is 10.1. The second kappa shape index (κ2) is 7.16. The van der Waals surface area contributed by atoms with Gasteiger partial charge in [-0.05, 0) is 17.2 Å². The number of hydrogen-bond acceptors (Lipinski definition) is 5. The summed E-state index contributed by atoms with van der Waals surface area (Å²) in [6.07, 6.45) is -1.06. The van der Waals surface area contributed by atoms with Crippen LogP contribution in [0.5, 0.6) is 0 Å². The highest BCUT2D eigenvalue weighted by Crippen LogP contribution is 2.29. The molecule has 2 aromatic carbocycles. The third-order valence-electron chi connectivity index (χ3n) is 4.64. The van der Waals surface area contributed by atoms with Crippen LogP contribution in [0.25, 0.3) is 21.9 Å². The van der Waals surface area contributed by atoms with Gasteiger partial charge in [0.05, 0.1) is 11.0 Å². The molecule has 0 aliphatic carbocycles. The summed E-state index contributed by atoms with van der Waals surface area (Å²) in [6, 6.07) is 15.3. The number of pyridine rings is 1. The number of aliphatic hydroxyl groups excluding tert-OH is 1. The number of para-hydroxylation sites is 1. The third kappa shape index (κ3) is 3.21. The van der Waals surface area contributed by atoms with Crippen molar-refractivity contribution in [3.8, 4) is 0 Å². The second-order valence-electron chi connectivity index (χ2n) is 6.46. The highest BCUT2D eigenvalue weighted by Gasteiger charge is 2.17. The molecule has 28 heavy (non-hydrogen) atoms. The third-order valence-corrected chi connectivity index (χ3v) is 4.64. The lowest BCUT2D eigenvalue weighted by Gasteiger charge is -2.11. The van der Waals surface area contributed by atoms with E-state index in [2.05, 4.69) is 15.3 Å². The summed E-state index contributed by atoms with van der Waals surface area (Å²) < 4.78 is 1.94. The zero-order chi connectivity index (χ0) is 19.7. The van der Waals surface area contributed by atoms with Crippen molar-refractivity contribution in [1.82, 2.24) is 19.9 Å². The van der Waals surface area contributed by atoms with E-state index in [1.54, 1.807) is 0 Å². The van der Waals surface area contributed by atoms with Crippen LogP contribution in [0.2, 0.25) is 0 Å². The van der Waals surface area contributed by atoms with Gasteiger partial charge in [-0.1, -0.05) is 42.5 Å². The molecule has 0 atom stereocenters. The van der Waals surface area contributed by atoms with E-state index in [0.717, 1.165) is 27.5 Å². The van der Waals surface area contributed by atoms with Gasteiger partial charge >= 0.3 is 6.09 Å². The molecule has 4 rings (SSSR count). The number of amides is 1. The van der Waals surface area contributed by atoms with Gasteiger partial charge in [-0.2, -0.15) is 0 Å². The molecule has 0 saturated heterocycles. The summed E-state index contributed by atoms with van der Waals surface area (Å²) in [5, 5.41) is 21.8. The summed E-state index contributed by atoms with van der Waals surface area (Å²) in [4.78, 5) is 19.5. The molecule has 0 fully saturated rings. The Labute approximate surface area is 160 Å². The molecule has 4 aromatic rings. The highest BCUT2D eigenvalue weighted by molar-refractivity contribution is 6.06. The maximum atomic E-state index is 10.6. The number of imidazole rings is 1. The van der Waals surface area contributed by atoms with E-state index in [-0.39, 0.29) is 13.2 Å². The largest absolute Gasteiger partial charge is 0.465 e. The van der Waals surface area contributed by atoms with Gasteiger partial charge in [0, 0.05) is 18.5 Å². The number of benzene rings is 2. The number of nitrogens with one attached hydrogen (secondary N) is 1. The fourth-order valence-electron chi connectivity index (χ4n) is 3.32. The maximum absolute atomic E-state index is 10.6. The molecule has 0 unspecified atom stereocenters. The fourth-order valence-corrected chi connectivity index (χ4v) is 3.32. The number of rotatable bonds is 5. The first-order valence-electron chi connectivity index (χ1n) is 8.75. The van der Waals surface area contributed by atoms with Crippen LogP contribution in [0, 0.1) is 0 Å². The van der Waals surface area contributed by atoms with Gasteiger partial charge in [-0.25, -0.2) is 14.8 Å². The van der Waals surface area contributed by atoms with E-state index in [9.17, 15) is 9.90 Å². The Morgan fingerprint density at radius 2 is 1.79 bits per heavy atom. The van der Waals surface area contributed by atoms with E-state index in [4.69, 9.17) is 10.8 Å². The van der Waals surface area contributed by atoms with Gasteiger partial charge in [0.2, 0.25) is 0 Å². The number of hydrogen-bond donors (Lipinski definition) is 4. The number of fused-ring (bicyclic) bond motifs is 3. The number of nitrogens with two attached hydrogens (primary N) is 1. The van der Waals surface area contributed by atoms with Gasteiger partial charge in [-0.15, -0.1) is 0 Å². The summed E-state index contributed by atoms with van der Waals surface area (Å²) in [7, 11) is 0. The van der Waals surface area contributed by atoms with Crippen molar-refractivity contribution in [2.75, 3.05) is 5.73 Å². The molecule has 5 N–H and O–H groups in total. The first kappa shape index (κ1) is 17.7. The molecule has 8 nitrogen and oxygen atoms in total. The van der Waals surface area contributed by atoms with Gasteiger partial charge < -0.3 is 25.8 Å². The summed E-state index contributed by atoms with van der Waals surface area (Å²) >= 11 is 0. The van der Waals surface area contributed by atoms with Gasteiger partial charge in [0.15, 0.2) is 5.82 Å². The number of anilines is 1. The molecule has 2 aromatic heterocycles. The zero-order valence-electron chi connectivity index (χ0n) is 15.0. The predicted octanol–water partition coefficient (Wildman–Crippen LogP) is 2.47. The van der Waals surface area contributed by atoms with E-state index in [1.807, 2.05) is 53.1 Å². The van der Waals surface area contributed by atoms with Crippen molar-refractivity contribution in [2.45, 2.75) is 19.7 Å². The molecule has 0 radical (unpaired) electrons. The maximum Gasteiger partial charge on any atom is 0.404 e. The van der Waals surface area contributed by atoms with Crippen LogP contribution in [0.1, 0.15) is 17.0 Å². The molecule has 0 saturated carbocycles. The minimum absolute atomic E-state index is 0.219. The number of nitrogens with zero attached hydrogens (tertiary/aromatic N) is 3. The fraction of sp³-hybridized carbons (Fsp3) is 0.150. The first-order chi connectivity index (χ1) is 13.6. The van der Waals surface area contributed by atoms with Crippen molar-refractivity contribution >= 4 is 33.8 Å². The average Bonchev–Trinajstić information content (AvgIpc) is 3.07. The number of carbonyl (C=O) groups is 1. The van der Waals surface area contributed by atoms with Gasteiger partial charge in [-0.3, -0.25) is 0 Å². The minimum atomic E-state index is -1.06. The average molecular weight is 377 g/mol. The van der Waals surface area contributed by atoms with Crippen molar-refractivity contribution in [3.63, 3.8) is 0 Å². The minimum Gasteiger partial charge on any atom is -0.465 e. The Morgan fingerprint density at radius 1 is 1.07 bits per heavy atom. The Hall–Kier alpha value is -3.65. The SMILES string of the molecule is Nc1nc2ccccc2c2c1nc(CO)n2Cc1ccc(CNC(=O)O)cc1. The Kier molecular flexibility index (Phi) is 4.54. The van der Waals surface area contributed by atoms with Crippen molar-refractivity contribution in [1.29, 1.82) is 0 Å². The number of aliphatic hydroxyl groups is 1. The highest BCUT2D eigenvalue weighted by atomic mass is 16.4. The van der Waals surface area contributed by atoms with Crippen LogP contribution in [-0.4, -0.2) is 30.8 Å². The molecule has 0 aliphatic heterocycles. The Balaban J connectivity index is 1.77. The van der Waals surface area contributed by atoms with Gasteiger partial charge in [0.25, 0.3) is 0 Å². The number of nitrogen functional groups attached to an aromatic ring is 1.